The quantitative estimate of drug-likeness (QED) is 0.768. The number of amides is 1. The highest BCUT2D eigenvalue weighted by Gasteiger charge is 2.40. The van der Waals surface area contributed by atoms with E-state index >= 15 is 0 Å². The molecule has 1 saturated heterocycles. The lowest BCUT2D eigenvalue weighted by atomic mass is 9.65. The van der Waals surface area contributed by atoms with Crippen LogP contribution >= 0.6 is 24.8 Å². The van der Waals surface area contributed by atoms with Gasteiger partial charge in [0, 0.05) is 37.3 Å². The van der Waals surface area contributed by atoms with E-state index in [4.69, 9.17) is 10.5 Å². The summed E-state index contributed by atoms with van der Waals surface area (Å²) in [7, 11) is 0. The second-order valence-corrected chi connectivity index (χ2v) is 8.27. The fraction of sp³-hybridized carbons (Fsp3) is 0.667. The lowest BCUT2D eigenvalue weighted by molar-refractivity contribution is -0.122. The number of morpholine rings is 1. The summed E-state index contributed by atoms with van der Waals surface area (Å²) in [6.45, 7) is 4.57. The first-order valence-electron chi connectivity index (χ1n) is 10.1. The molecule has 0 aromatic heterocycles. The number of carbonyl (C=O) groups excluding carboxylic acids is 1. The van der Waals surface area contributed by atoms with Crippen LogP contribution in [-0.2, 0) is 16.1 Å². The van der Waals surface area contributed by atoms with E-state index in [2.05, 4.69) is 22.3 Å². The summed E-state index contributed by atoms with van der Waals surface area (Å²) >= 11 is 0. The molecular formula is C21H33Cl2N3O2. The second-order valence-electron chi connectivity index (χ2n) is 8.27. The molecular weight excluding hydrogens is 397 g/mol. The van der Waals surface area contributed by atoms with Crippen molar-refractivity contribution in [3.63, 3.8) is 0 Å². The molecule has 4 rings (SSSR count). The Labute approximate surface area is 180 Å². The maximum Gasteiger partial charge on any atom is 0.227 e. The summed E-state index contributed by atoms with van der Waals surface area (Å²) in [5, 5.41) is 3.13. The van der Waals surface area contributed by atoms with E-state index in [1.807, 2.05) is 12.1 Å². The minimum Gasteiger partial charge on any atom is -0.379 e. The van der Waals surface area contributed by atoms with Crippen LogP contribution in [0.5, 0.6) is 0 Å². The fourth-order valence-corrected chi connectivity index (χ4v) is 4.96. The lowest BCUT2D eigenvalue weighted by Crippen LogP contribution is -2.48. The van der Waals surface area contributed by atoms with Crippen LogP contribution < -0.4 is 11.1 Å². The van der Waals surface area contributed by atoms with Gasteiger partial charge < -0.3 is 15.8 Å². The molecule has 5 nitrogen and oxygen atoms in total. The molecule has 3 fully saturated rings. The van der Waals surface area contributed by atoms with Crippen LogP contribution in [0.1, 0.15) is 37.7 Å². The lowest BCUT2D eigenvalue weighted by Gasteiger charge is -2.43. The number of hydrogen-bond acceptors (Lipinski definition) is 4. The molecule has 1 aromatic rings. The van der Waals surface area contributed by atoms with Gasteiger partial charge in [-0.15, -0.1) is 24.8 Å². The fourth-order valence-electron chi connectivity index (χ4n) is 4.96. The van der Waals surface area contributed by atoms with Gasteiger partial charge in [0.25, 0.3) is 0 Å². The molecule has 2 unspecified atom stereocenters. The summed E-state index contributed by atoms with van der Waals surface area (Å²) in [6, 6.07) is 8.62. The van der Waals surface area contributed by atoms with Crippen molar-refractivity contribution in [2.75, 3.05) is 31.6 Å². The molecule has 2 bridgehead atoms. The van der Waals surface area contributed by atoms with Gasteiger partial charge in [-0.2, -0.15) is 0 Å². The number of rotatable bonds is 4. The van der Waals surface area contributed by atoms with Gasteiger partial charge >= 0.3 is 0 Å². The first-order chi connectivity index (χ1) is 12.7. The zero-order valence-electron chi connectivity index (χ0n) is 16.3. The maximum atomic E-state index is 12.7. The number of nitrogens with two attached hydrogens (primary N) is 1. The van der Waals surface area contributed by atoms with E-state index in [0.29, 0.717) is 17.9 Å². The maximum absolute atomic E-state index is 12.7. The highest BCUT2D eigenvalue weighted by molar-refractivity contribution is 5.92. The van der Waals surface area contributed by atoms with Crippen LogP contribution in [0, 0.1) is 17.8 Å². The normalized spacial score (nSPS) is 29.9. The molecule has 2 saturated carbocycles. The second kappa shape index (κ2) is 10.8. The predicted octanol–water partition coefficient (Wildman–Crippen LogP) is 3.45. The van der Waals surface area contributed by atoms with E-state index in [1.54, 1.807) is 0 Å². The topological polar surface area (TPSA) is 67.6 Å². The average molecular weight is 430 g/mol. The molecule has 28 heavy (non-hydrogen) atoms. The predicted molar refractivity (Wildman–Crippen MR) is 117 cm³/mol. The summed E-state index contributed by atoms with van der Waals surface area (Å²) in [4.78, 5) is 15.1. The number of carbonyl (C=O) groups is 1. The van der Waals surface area contributed by atoms with Crippen molar-refractivity contribution in [2.45, 2.75) is 44.7 Å². The van der Waals surface area contributed by atoms with Gasteiger partial charge in [0.15, 0.2) is 0 Å². The molecule has 1 aliphatic heterocycles. The molecule has 0 spiro atoms. The van der Waals surface area contributed by atoms with Crippen molar-refractivity contribution >= 4 is 36.4 Å². The minimum absolute atomic E-state index is 0. The molecule has 7 heteroatoms. The van der Waals surface area contributed by atoms with Crippen LogP contribution in [0.3, 0.4) is 0 Å². The van der Waals surface area contributed by atoms with E-state index in [0.717, 1.165) is 51.4 Å². The molecule has 3 aliphatic rings. The van der Waals surface area contributed by atoms with E-state index in [9.17, 15) is 4.79 Å². The SMILES string of the molecule is Cl.Cl.NC1C2CCCC1CC(C(=O)Nc1ccc(CN3CCOCC3)cc1)C2. The molecule has 1 heterocycles. The van der Waals surface area contributed by atoms with Crippen LogP contribution in [-0.4, -0.2) is 43.2 Å². The number of hydrogen-bond donors (Lipinski definition) is 2. The Hall–Kier alpha value is -0.850. The average Bonchev–Trinajstić information content (AvgIpc) is 2.64. The number of benzene rings is 1. The Bertz CT molecular complexity index is 609. The van der Waals surface area contributed by atoms with Crippen molar-refractivity contribution < 1.29 is 9.53 Å². The Balaban J connectivity index is 0.00000140. The molecule has 158 valence electrons. The van der Waals surface area contributed by atoms with Crippen molar-refractivity contribution in [3.8, 4) is 0 Å². The third kappa shape index (κ3) is 5.61. The first kappa shape index (κ1) is 23.4. The van der Waals surface area contributed by atoms with Crippen LogP contribution in [0.25, 0.3) is 0 Å². The van der Waals surface area contributed by atoms with E-state index in [1.165, 1.54) is 24.8 Å². The van der Waals surface area contributed by atoms with Crippen LogP contribution in [0.15, 0.2) is 24.3 Å². The molecule has 3 N–H and O–H groups in total. The smallest absolute Gasteiger partial charge is 0.227 e. The van der Waals surface area contributed by atoms with Gasteiger partial charge in [0.2, 0.25) is 5.91 Å². The molecule has 1 amide bonds. The van der Waals surface area contributed by atoms with Gasteiger partial charge in [-0.25, -0.2) is 0 Å². The van der Waals surface area contributed by atoms with Gasteiger partial charge in [-0.3, -0.25) is 9.69 Å². The van der Waals surface area contributed by atoms with E-state index in [-0.39, 0.29) is 36.6 Å². The third-order valence-corrected chi connectivity index (χ3v) is 6.52. The summed E-state index contributed by atoms with van der Waals surface area (Å²) in [6.07, 6.45) is 5.58. The number of nitrogens with zero attached hydrogens (tertiary/aromatic N) is 1. The largest absolute Gasteiger partial charge is 0.379 e. The van der Waals surface area contributed by atoms with Gasteiger partial charge in [-0.1, -0.05) is 18.6 Å². The number of nitrogens with one attached hydrogen (secondary N) is 1. The summed E-state index contributed by atoms with van der Waals surface area (Å²) in [5.41, 5.74) is 8.53. The molecule has 0 radical (unpaired) electrons. The van der Waals surface area contributed by atoms with Crippen LogP contribution in [0.4, 0.5) is 5.69 Å². The monoisotopic (exact) mass is 429 g/mol. The van der Waals surface area contributed by atoms with Gasteiger partial charge in [0.05, 0.1) is 13.2 Å². The molecule has 1 aromatic carbocycles. The highest BCUT2D eigenvalue weighted by atomic mass is 35.5. The Morgan fingerprint density at radius 2 is 1.68 bits per heavy atom. The van der Waals surface area contributed by atoms with Gasteiger partial charge in [0.1, 0.15) is 0 Å². The van der Waals surface area contributed by atoms with Crippen molar-refractivity contribution in [1.29, 1.82) is 0 Å². The number of fused-ring (bicyclic) bond motifs is 2. The van der Waals surface area contributed by atoms with Crippen molar-refractivity contribution in [1.82, 2.24) is 4.90 Å². The van der Waals surface area contributed by atoms with Gasteiger partial charge in [-0.05, 0) is 55.2 Å². The molecule has 2 aliphatic carbocycles. The number of halogens is 2. The van der Waals surface area contributed by atoms with Crippen LogP contribution in [0.2, 0.25) is 0 Å². The van der Waals surface area contributed by atoms with Crippen molar-refractivity contribution in [2.24, 2.45) is 23.5 Å². The Kier molecular flexibility index (Phi) is 9.03. The standard InChI is InChI=1S/C21H31N3O2.2ClH/c22-20-16-2-1-3-17(20)13-18(12-16)21(25)23-19-6-4-15(5-7-19)14-24-8-10-26-11-9-24;;/h4-7,16-18,20H,1-3,8-14,22H2,(H,23,25);2*1H. The minimum atomic E-state index is 0. The van der Waals surface area contributed by atoms with Crippen molar-refractivity contribution in [3.05, 3.63) is 29.8 Å². The number of anilines is 1. The van der Waals surface area contributed by atoms with E-state index < -0.39 is 0 Å². The zero-order valence-corrected chi connectivity index (χ0v) is 18.0. The third-order valence-electron chi connectivity index (χ3n) is 6.52. The Morgan fingerprint density at radius 3 is 2.29 bits per heavy atom. The Morgan fingerprint density at radius 1 is 1.07 bits per heavy atom. The summed E-state index contributed by atoms with van der Waals surface area (Å²) < 4.78 is 5.39. The summed E-state index contributed by atoms with van der Waals surface area (Å²) in [5.74, 6) is 1.37. The highest BCUT2D eigenvalue weighted by Crippen LogP contribution is 2.42. The first-order valence-corrected chi connectivity index (χ1v) is 10.1. The molecule has 2 atom stereocenters. The zero-order chi connectivity index (χ0) is 17.9. The number of ether oxygens (including phenoxy) is 1.